The lowest BCUT2D eigenvalue weighted by Crippen LogP contribution is -2.34. The summed E-state index contributed by atoms with van der Waals surface area (Å²) < 4.78 is 1.09. The fourth-order valence-electron chi connectivity index (χ4n) is 2.83. The summed E-state index contributed by atoms with van der Waals surface area (Å²) in [7, 11) is 0. The van der Waals surface area contributed by atoms with E-state index in [1.807, 2.05) is 0 Å². The van der Waals surface area contributed by atoms with Crippen LogP contribution in [0.1, 0.15) is 44.4 Å². The highest BCUT2D eigenvalue weighted by molar-refractivity contribution is 9.10. The molecule has 0 bridgehead atoms. The van der Waals surface area contributed by atoms with Gasteiger partial charge in [0, 0.05) is 27.1 Å². The van der Waals surface area contributed by atoms with Gasteiger partial charge in [0.25, 0.3) is 0 Å². The first kappa shape index (κ1) is 13.3. The summed E-state index contributed by atoms with van der Waals surface area (Å²) in [5.74, 6) is 0.696. The Kier molecular flexibility index (Phi) is 4.09. The Hall–Kier alpha value is -0.150. The average Bonchev–Trinajstić information content (AvgIpc) is 2.63. The highest BCUT2D eigenvalue weighted by Gasteiger charge is 2.36. The lowest BCUT2D eigenvalue weighted by Gasteiger charge is -2.37. The van der Waals surface area contributed by atoms with Crippen molar-refractivity contribution in [2.45, 2.75) is 46.0 Å². The van der Waals surface area contributed by atoms with Gasteiger partial charge in [0.05, 0.1) is 0 Å². The van der Waals surface area contributed by atoms with Crippen molar-refractivity contribution >= 4 is 33.0 Å². The minimum Gasteiger partial charge on any atom is -0.299 e. The first-order valence-electron chi connectivity index (χ1n) is 6.25. The van der Waals surface area contributed by atoms with Crippen LogP contribution in [0.3, 0.4) is 0 Å². The number of thiophene rings is 1. The molecule has 1 heterocycles. The van der Waals surface area contributed by atoms with Gasteiger partial charge in [0.1, 0.15) is 5.78 Å². The van der Waals surface area contributed by atoms with E-state index in [0.29, 0.717) is 12.2 Å². The van der Waals surface area contributed by atoms with Gasteiger partial charge in [-0.3, -0.25) is 4.79 Å². The van der Waals surface area contributed by atoms with Crippen LogP contribution in [0.4, 0.5) is 0 Å². The molecule has 94 valence electrons. The third kappa shape index (κ3) is 3.19. The van der Waals surface area contributed by atoms with Crippen molar-refractivity contribution in [3.05, 3.63) is 20.8 Å². The average molecular weight is 315 g/mol. The Labute approximate surface area is 116 Å². The molecule has 0 radical (unpaired) electrons. The van der Waals surface area contributed by atoms with E-state index >= 15 is 0 Å². The molecular weight excluding hydrogens is 296 g/mol. The molecule has 1 unspecified atom stereocenters. The maximum Gasteiger partial charge on any atom is 0.141 e. The zero-order chi connectivity index (χ0) is 12.5. The maximum atomic E-state index is 12.4. The van der Waals surface area contributed by atoms with Crippen LogP contribution >= 0.6 is 27.3 Å². The van der Waals surface area contributed by atoms with Crippen LogP contribution in [0, 0.1) is 11.3 Å². The number of ketones is 1. The van der Waals surface area contributed by atoms with Crippen molar-refractivity contribution in [1.82, 2.24) is 0 Å². The van der Waals surface area contributed by atoms with Gasteiger partial charge in [-0.1, -0.05) is 26.7 Å². The van der Waals surface area contributed by atoms with Crippen LogP contribution in [0.2, 0.25) is 0 Å². The minimum atomic E-state index is 0.198. The van der Waals surface area contributed by atoms with Gasteiger partial charge in [-0.05, 0) is 40.3 Å². The van der Waals surface area contributed by atoms with Crippen molar-refractivity contribution < 1.29 is 4.79 Å². The summed E-state index contributed by atoms with van der Waals surface area (Å²) in [4.78, 5) is 13.6. The molecule has 1 aromatic rings. The molecule has 1 aliphatic carbocycles. The quantitative estimate of drug-likeness (QED) is 0.780. The number of halogens is 1. The van der Waals surface area contributed by atoms with Gasteiger partial charge in [-0.2, -0.15) is 0 Å². The topological polar surface area (TPSA) is 17.1 Å². The van der Waals surface area contributed by atoms with E-state index < -0.39 is 0 Å². The van der Waals surface area contributed by atoms with Crippen LogP contribution in [0.15, 0.2) is 15.9 Å². The predicted molar refractivity (Wildman–Crippen MR) is 76.5 cm³/mol. The van der Waals surface area contributed by atoms with E-state index in [0.717, 1.165) is 10.9 Å². The van der Waals surface area contributed by atoms with E-state index in [-0.39, 0.29) is 11.3 Å². The zero-order valence-corrected chi connectivity index (χ0v) is 12.9. The van der Waals surface area contributed by atoms with Gasteiger partial charge < -0.3 is 0 Å². The number of hydrogen-bond donors (Lipinski definition) is 0. The first-order chi connectivity index (χ1) is 7.99. The number of Topliss-reactive ketones (excluding diaryl/α,β-unsaturated/α-hetero) is 1. The van der Waals surface area contributed by atoms with Gasteiger partial charge in [-0.15, -0.1) is 11.3 Å². The molecule has 1 aromatic heterocycles. The molecule has 1 saturated carbocycles. The number of hydrogen-bond acceptors (Lipinski definition) is 2. The SMILES string of the molecule is CC1(C)CCCCC1C(=O)Cc1cc(Br)cs1. The third-order valence-electron chi connectivity index (χ3n) is 3.87. The summed E-state index contributed by atoms with van der Waals surface area (Å²) in [6, 6.07) is 2.07. The molecule has 1 fully saturated rings. The standard InChI is InChI=1S/C14H19BrOS/c1-14(2)6-4-3-5-12(14)13(16)8-11-7-10(15)9-17-11/h7,9,12H,3-6,8H2,1-2H3. The summed E-state index contributed by atoms with van der Waals surface area (Å²) in [5.41, 5.74) is 0.198. The molecular formula is C14H19BrOS. The smallest absolute Gasteiger partial charge is 0.141 e. The van der Waals surface area contributed by atoms with Crippen LogP contribution in [-0.4, -0.2) is 5.78 Å². The summed E-state index contributed by atoms with van der Waals surface area (Å²) in [6.45, 7) is 4.50. The molecule has 0 N–H and O–H groups in total. The third-order valence-corrected chi connectivity index (χ3v) is 5.56. The molecule has 0 aromatic carbocycles. The Bertz CT molecular complexity index is 408. The molecule has 0 saturated heterocycles. The van der Waals surface area contributed by atoms with E-state index in [4.69, 9.17) is 0 Å². The molecule has 1 atom stereocenters. The van der Waals surface area contributed by atoms with Crippen molar-refractivity contribution in [3.63, 3.8) is 0 Å². The maximum absolute atomic E-state index is 12.4. The fourth-order valence-corrected chi connectivity index (χ4v) is 4.29. The molecule has 1 nitrogen and oxygen atoms in total. The van der Waals surface area contributed by atoms with Crippen molar-refractivity contribution in [2.75, 3.05) is 0 Å². The largest absolute Gasteiger partial charge is 0.299 e. The van der Waals surface area contributed by atoms with Gasteiger partial charge in [-0.25, -0.2) is 0 Å². The van der Waals surface area contributed by atoms with Gasteiger partial charge >= 0.3 is 0 Å². The second-order valence-corrected chi connectivity index (χ2v) is 7.57. The van der Waals surface area contributed by atoms with Crippen molar-refractivity contribution in [3.8, 4) is 0 Å². The predicted octanol–water partition coefficient (Wildman–Crippen LogP) is 4.84. The molecule has 3 heteroatoms. The minimum absolute atomic E-state index is 0.198. The van der Waals surface area contributed by atoms with Gasteiger partial charge in [0.15, 0.2) is 0 Å². The first-order valence-corrected chi connectivity index (χ1v) is 7.92. The number of carbonyl (C=O) groups is 1. The molecule has 0 amide bonds. The fraction of sp³-hybridized carbons (Fsp3) is 0.643. The number of carbonyl (C=O) groups excluding carboxylic acids is 1. The lowest BCUT2D eigenvalue weighted by atomic mass is 9.67. The van der Waals surface area contributed by atoms with Crippen molar-refractivity contribution in [2.24, 2.45) is 11.3 Å². The van der Waals surface area contributed by atoms with Crippen LogP contribution in [0.5, 0.6) is 0 Å². The van der Waals surface area contributed by atoms with Crippen molar-refractivity contribution in [1.29, 1.82) is 0 Å². The summed E-state index contributed by atoms with van der Waals surface area (Å²) in [6.07, 6.45) is 5.38. The summed E-state index contributed by atoms with van der Waals surface area (Å²) >= 11 is 5.11. The summed E-state index contributed by atoms with van der Waals surface area (Å²) in [5, 5.41) is 2.05. The lowest BCUT2D eigenvalue weighted by molar-refractivity contribution is -0.127. The Morgan fingerprint density at radius 1 is 1.53 bits per heavy atom. The van der Waals surface area contributed by atoms with Gasteiger partial charge in [0.2, 0.25) is 0 Å². The molecule has 17 heavy (non-hydrogen) atoms. The highest BCUT2D eigenvalue weighted by atomic mass is 79.9. The monoisotopic (exact) mass is 314 g/mol. The van der Waals surface area contributed by atoms with E-state index in [1.54, 1.807) is 11.3 Å². The van der Waals surface area contributed by atoms with E-state index in [1.165, 1.54) is 24.1 Å². The molecule has 1 aliphatic rings. The second-order valence-electron chi connectivity index (χ2n) is 5.66. The van der Waals surface area contributed by atoms with Crippen LogP contribution in [-0.2, 0) is 11.2 Å². The molecule has 0 aliphatic heterocycles. The highest BCUT2D eigenvalue weighted by Crippen LogP contribution is 2.41. The Balaban J connectivity index is 2.04. The number of rotatable bonds is 3. The zero-order valence-electron chi connectivity index (χ0n) is 10.5. The second kappa shape index (κ2) is 5.23. The van der Waals surface area contributed by atoms with Crippen LogP contribution in [0.25, 0.3) is 0 Å². The van der Waals surface area contributed by atoms with E-state index in [2.05, 4.69) is 41.2 Å². The molecule has 0 spiro atoms. The van der Waals surface area contributed by atoms with Crippen LogP contribution < -0.4 is 0 Å². The Morgan fingerprint density at radius 3 is 2.88 bits per heavy atom. The normalized spacial score (nSPS) is 23.6. The van der Waals surface area contributed by atoms with E-state index in [9.17, 15) is 4.79 Å². The molecule has 2 rings (SSSR count). The Morgan fingerprint density at radius 2 is 2.29 bits per heavy atom.